The third-order valence-corrected chi connectivity index (χ3v) is 15.3. The highest BCUT2D eigenvalue weighted by atomic mass is 35.6. The van der Waals surface area contributed by atoms with Gasteiger partial charge in [-0.05, 0) is 170 Å². The fraction of sp³-hybridized carbons (Fsp3) is 0.571. The smallest absolute Gasteiger partial charge is 0.180 e. The minimum absolute atomic E-state index is 0.750. The lowest BCUT2D eigenvalue weighted by Crippen LogP contribution is -2.55. The second-order valence-corrected chi connectivity index (χ2v) is 24.6. The normalized spacial score (nSPS) is 12.0. The molecule has 73 heavy (non-hydrogen) atoms. The van der Waals surface area contributed by atoms with Crippen LogP contribution in [0.5, 0.6) is 0 Å². The van der Waals surface area contributed by atoms with Gasteiger partial charge in [-0.2, -0.15) is 50.5 Å². The molecule has 0 N–H and O–H groups in total. The molecule has 0 aromatic heterocycles. The molecule has 0 unspecified atom stereocenters. The van der Waals surface area contributed by atoms with Gasteiger partial charge in [0.05, 0.1) is 31.8 Å². The number of benzene rings is 4. The maximum atomic E-state index is 4.81. The van der Waals surface area contributed by atoms with Crippen LogP contribution >= 0.6 is 109 Å². The van der Waals surface area contributed by atoms with Gasteiger partial charge in [0.25, 0.3) is 0 Å². The summed E-state index contributed by atoms with van der Waals surface area (Å²) in [7, 11) is 16.7. The molecule has 0 atom stereocenters. The van der Waals surface area contributed by atoms with Crippen molar-refractivity contribution in [3.63, 3.8) is 0 Å². The molecule has 4 aromatic rings. The van der Waals surface area contributed by atoms with Gasteiger partial charge in [-0.1, -0.05) is 73.3 Å². The van der Waals surface area contributed by atoms with E-state index in [4.69, 9.17) is 34.8 Å². The van der Waals surface area contributed by atoms with Gasteiger partial charge >= 0.3 is 0 Å². The minimum atomic E-state index is -0.750. The summed E-state index contributed by atoms with van der Waals surface area (Å²) >= 11 is 35.4. The summed E-state index contributed by atoms with van der Waals surface area (Å²) < 4.78 is -0.750. The van der Waals surface area contributed by atoms with Crippen molar-refractivity contribution in [2.75, 3.05) is 162 Å². The average molecular weight is 1180 g/mol. The molecule has 0 bridgehead atoms. The van der Waals surface area contributed by atoms with Gasteiger partial charge in [0.1, 0.15) is 0 Å². The van der Waals surface area contributed by atoms with Crippen LogP contribution in [0, 0.1) is 0 Å². The summed E-state index contributed by atoms with van der Waals surface area (Å²) in [6.45, 7) is 2.53. The van der Waals surface area contributed by atoms with E-state index in [-0.39, 0.29) is 0 Å². The predicted molar refractivity (Wildman–Crippen MR) is 354 cm³/mol. The quantitative estimate of drug-likeness (QED) is 0.0182. The molecule has 1 saturated heterocycles. The average Bonchev–Trinajstić information content (AvgIpc) is 3.39. The van der Waals surface area contributed by atoms with Crippen LogP contribution in [0.3, 0.4) is 0 Å². The fourth-order valence-electron chi connectivity index (χ4n) is 7.54. The molecule has 0 aliphatic carbocycles. The number of rotatable bonds is 29. The Balaban J connectivity index is 0.000000413. The molecule has 1 fully saturated rings. The van der Waals surface area contributed by atoms with Gasteiger partial charge in [-0.25, -0.2) is 0 Å². The van der Waals surface area contributed by atoms with Crippen LogP contribution in [0.1, 0.15) is 77.0 Å². The third-order valence-electron chi connectivity index (χ3n) is 11.9. The van der Waals surface area contributed by atoms with Crippen molar-refractivity contribution in [1.29, 1.82) is 0 Å². The standard InChI is InChI=1S/C27H36N6.C22H40N2S4.C6H14S2.CHCl3/c1-28(2)22-7-13-25(14-8-22)31-19-32(26-15-9-23(10-16-26)29(3)4)21-33(20-31)27-17-11-24(12-18-27)30(5)6;1-23(2)21-11-13-22(14-12-21)24(19-27-17-9-5-3-7-15-25)20-28-18-10-6-4-8-16-26;7-5-3-1-2-4-6-8;2-1(3)4/h7-18H,19-21H2,1-6H3;11-14,25-26H,3-10,15-20H2,1-2H3;7-8H,1-6H2;1H. The molecule has 0 amide bonds. The van der Waals surface area contributed by atoms with E-state index in [2.05, 4.69) is 267 Å². The van der Waals surface area contributed by atoms with E-state index in [1.54, 1.807) is 0 Å². The van der Waals surface area contributed by atoms with Gasteiger partial charge in [0.15, 0.2) is 4.30 Å². The molecule has 0 saturated carbocycles. The monoisotopic (exact) mass is 1170 g/mol. The Morgan fingerprint density at radius 3 is 0.822 bits per heavy atom. The van der Waals surface area contributed by atoms with E-state index in [0.717, 1.165) is 54.8 Å². The zero-order valence-corrected chi connectivity index (χ0v) is 52.9. The van der Waals surface area contributed by atoms with Gasteiger partial charge in [0.2, 0.25) is 0 Å². The van der Waals surface area contributed by atoms with Crippen molar-refractivity contribution in [2.24, 2.45) is 0 Å². The highest BCUT2D eigenvalue weighted by Crippen LogP contribution is 2.30. The molecule has 412 valence electrons. The molecule has 1 aliphatic heterocycles. The lowest BCUT2D eigenvalue weighted by Gasteiger charge is -2.45. The highest BCUT2D eigenvalue weighted by Gasteiger charge is 2.25. The van der Waals surface area contributed by atoms with Crippen molar-refractivity contribution in [3.8, 4) is 0 Å². The second kappa shape index (κ2) is 41.4. The minimum Gasteiger partial charge on any atom is -0.378 e. The molecule has 0 spiro atoms. The lowest BCUT2D eigenvalue weighted by molar-refractivity contribution is 0.611. The van der Waals surface area contributed by atoms with Crippen molar-refractivity contribution in [1.82, 2.24) is 0 Å². The maximum absolute atomic E-state index is 4.81. The summed E-state index contributed by atoms with van der Waals surface area (Å²) in [6.07, 6.45) is 15.6. The van der Waals surface area contributed by atoms with Crippen LogP contribution in [0.2, 0.25) is 0 Å². The van der Waals surface area contributed by atoms with Crippen LogP contribution in [-0.2, 0) is 0 Å². The van der Waals surface area contributed by atoms with E-state index in [0.29, 0.717) is 0 Å². The highest BCUT2D eigenvalue weighted by molar-refractivity contribution is 8.00. The maximum Gasteiger partial charge on any atom is 0.180 e. The topological polar surface area (TPSA) is 25.9 Å². The number of unbranched alkanes of at least 4 members (excludes halogenated alkanes) is 9. The van der Waals surface area contributed by atoms with Crippen LogP contribution in [-0.4, -0.2) is 127 Å². The number of hydrogen-bond donors (Lipinski definition) is 4. The number of thioether (sulfide) groups is 2. The third kappa shape index (κ3) is 29.5. The van der Waals surface area contributed by atoms with E-state index in [1.807, 2.05) is 0 Å². The van der Waals surface area contributed by atoms with Crippen molar-refractivity contribution >= 4 is 154 Å². The Bertz CT molecular complexity index is 1750. The first-order valence-corrected chi connectivity index (χ1v) is 31.9. The van der Waals surface area contributed by atoms with Crippen molar-refractivity contribution in [3.05, 3.63) is 97.1 Å². The number of hydrogen-bond acceptors (Lipinski definition) is 14. The van der Waals surface area contributed by atoms with Crippen molar-refractivity contribution < 1.29 is 0 Å². The summed E-state index contributed by atoms with van der Waals surface area (Å²) in [6, 6.07) is 35.5. The van der Waals surface area contributed by atoms with E-state index < -0.39 is 4.30 Å². The van der Waals surface area contributed by atoms with E-state index in [1.165, 1.54) is 134 Å². The summed E-state index contributed by atoms with van der Waals surface area (Å²) in [5.41, 5.74) is 9.92. The molecule has 17 heteroatoms. The molecule has 1 heterocycles. The summed E-state index contributed by atoms with van der Waals surface area (Å²) in [5, 5.41) is 0. The van der Waals surface area contributed by atoms with Gasteiger partial charge in [-0.3, -0.25) is 0 Å². The number of halogens is 3. The number of anilines is 8. The Morgan fingerprint density at radius 2 is 0.589 bits per heavy atom. The van der Waals surface area contributed by atoms with Gasteiger partial charge < -0.3 is 39.2 Å². The van der Waals surface area contributed by atoms with Crippen LogP contribution in [0.15, 0.2) is 97.1 Å². The lowest BCUT2D eigenvalue weighted by atomic mass is 10.2. The van der Waals surface area contributed by atoms with E-state index >= 15 is 0 Å². The second-order valence-electron chi connectivity index (χ2n) is 18.7. The van der Waals surface area contributed by atoms with E-state index in [9.17, 15) is 0 Å². The largest absolute Gasteiger partial charge is 0.378 e. The Morgan fingerprint density at radius 1 is 0.370 bits per heavy atom. The molecular formula is C56H91Cl3N8S6. The Hall–Kier alpha value is -1.75. The van der Waals surface area contributed by atoms with Crippen molar-refractivity contribution in [2.45, 2.75) is 81.3 Å². The van der Waals surface area contributed by atoms with Crippen LogP contribution < -0.4 is 39.2 Å². The van der Waals surface area contributed by atoms with Crippen LogP contribution in [0.25, 0.3) is 0 Å². The first-order valence-electron chi connectivity index (χ1n) is 25.8. The first kappa shape index (κ1) is 67.4. The number of alkyl halides is 3. The molecule has 0 radical (unpaired) electrons. The Labute approximate surface area is 490 Å². The van der Waals surface area contributed by atoms with Gasteiger partial charge in [-0.15, -0.1) is 23.5 Å². The molecule has 8 nitrogen and oxygen atoms in total. The molecule has 1 aliphatic rings. The fourth-order valence-corrected chi connectivity index (χ4v) is 10.5. The van der Waals surface area contributed by atoms with Crippen LogP contribution in [0.4, 0.5) is 45.5 Å². The molecule has 5 rings (SSSR count). The summed E-state index contributed by atoms with van der Waals surface area (Å²) in [5.74, 6) is 8.80. The number of thiol groups is 4. The molecule has 4 aromatic carbocycles. The Kier molecular flexibility index (Phi) is 38.2. The zero-order valence-electron chi connectivity index (χ0n) is 45.4. The summed E-state index contributed by atoms with van der Waals surface area (Å²) in [4.78, 5) is 18.4. The predicted octanol–water partition coefficient (Wildman–Crippen LogP) is 15.9. The molecular weight excluding hydrogens is 1080 g/mol. The SMILES string of the molecule is CN(C)c1ccc(N(CSCCCCCCS)CSCCCCCCS)cc1.CN(C)c1ccc(N2CN(c3ccc(N(C)C)cc3)CN(c3ccc(N(C)C)cc3)C2)cc1.ClC(Cl)Cl.SCCCCCCS. The first-order chi connectivity index (χ1) is 35.1. The number of nitrogens with zero attached hydrogens (tertiary/aromatic N) is 8. The van der Waals surface area contributed by atoms with Gasteiger partial charge in [0, 0.05) is 102 Å². The zero-order chi connectivity index (χ0) is 53.8.